The highest BCUT2D eigenvalue weighted by molar-refractivity contribution is 5.92. The van der Waals surface area contributed by atoms with E-state index in [2.05, 4.69) is 41.1 Å². The number of amides is 2. The summed E-state index contributed by atoms with van der Waals surface area (Å²) in [6.45, 7) is 8.22. The zero-order valence-electron chi connectivity index (χ0n) is 16.7. The van der Waals surface area contributed by atoms with Crippen LogP contribution in [-0.2, 0) is 9.59 Å². The van der Waals surface area contributed by atoms with E-state index in [1.165, 1.54) is 12.0 Å². The van der Waals surface area contributed by atoms with Crippen LogP contribution in [0.5, 0.6) is 0 Å². The quantitative estimate of drug-likeness (QED) is 0.862. The number of anilines is 1. The van der Waals surface area contributed by atoms with Gasteiger partial charge >= 0.3 is 0 Å². The molecule has 2 fully saturated rings. The largest absolute Gasteiger partial charge is 0.342 e. The van der Waals surface area contributed by atoms with Gasteiger partial charge < -0.3 is 10.2 Å². The van der Waals surface area contributed by atoms with Gasteiger partial charge in [-0.15, -0.1) is 0 Å². The maximum absolute atomic E-state index is 12.6. The fourth-order valence-corrected chi connectivity index (χ4v) is 4.07. The van der Waals surface area contributed by atoms with Gasteiger partial charge in [0.15, 0.2) is 0 Å². The van der Waals surface area contributed by atoms with Crippen LogP contribution >= 0.6 is 0 Å². The molecular weight excluding hydrogens is 338 g/mol. The fraction of sp³-hybridized carbons (Fsp3) is 0.636. The molecule has 1 aromatic rings. The molecule has 0 atom stereocenters. The van der Waals surface area contributed by atoms with Crippen LogP contribution in [0.15, 0.2) is 24.3 Å². The van der Waals surface area contributed by atoms with E-state index < -0.39 is 0 Å². The number of nitrogens with zero attached hydrogens (tertiary/aromatic N) is 2. The average molecular weight is 372 g/mol. The third-order valence-electron chi connectivity index (χ3n) is 5.83. The molecule has 27 heavy (non-hydrogen) atoms. The SMILES string of the molecule is CC(C)c1ccc(NC(=O)CN2CCC(C(=O)N3CCCCC3)CC2)cc1. The second kappa shape index (κ2) is 9.36. The molecule has 2 aliphatic heterocycles. The van der Waals surface area contributed by atoms with Gasteiger partial charge in [-0.1, -0.05) is 26.0 Å². The van der Waals surface area contributed by atoms with Crippen molar-refractivity contribution in [1.82, 2.24) is 9.80 Å². The van der Waals surface area contributed by atoms with Crippen molar-refractivity contribution in [3.8, 4) is 0 Å². The summed E-state index contributed by atoms with van der Waals surface area (Å²) in [5.41, 5.74) is 2.12. The van der Waals surface area contributed by atoms with Gasteiger partial charge in [0, 0.05) is 24.7 Å². The van der Waals surface area contributed by atoms with Crippen LogP contribution in [0.25, 0.3) is 0 Å². The zero-order chi connectivity index (χ0) is 19.2. The Morgan fingerprint density at radius 2 is 1.63 bits per heavy atom. The van der Waals surface area contributed by atoms with Crippen molar-refractivity contribution in [3.63, 3.8) is 0 Å². The van der Waals surface area contributed by atoms with Gasteiger partial charge in [-0.3, -0.25) is 14.5 Å². The second-order valence-corrected chi connectivity index (χ2v) is 8.26. The molecule has 0 bridgehead atoms. The highest BCUT2D eigenvalue weighted by Gasteiger charge is 2.29. The number of carbonyl (C=O) groups is 2. The molecule has 2 amide bonds. The van der Waals surface area contributed by atoms with E-state index in [-0.39, 0.29) is 11.8 Å². The van der Waals surface area contributed by atoms with Crippen molar-refractivity contribution in [1.29, 1.82) is 0 Å². The van der Waals surface area contributed by atoms with E-state index in [1.54, 1.807) is 0 Å². The molecule has 1 aromatic carbocycles. The first kappa shape index (κ1) is 19.9. The molecule has 1 N–H and O–H groups in total. The Bertz CT molecular complexity index is 627. The van der Waals surface area contributed by atoms with Crippen molar-refractivity contribution >= 4 is 17.5 Å². The van der Waals surface area contributed by atoms with Crippen molar-refractivity contribution in [2.24, 2.45) is 5.92 Å². The lowest BCUT2D eigenvalue weighted by Gasteiger charge is -2.35. The van der Waals surface area contributed by atoms with Crippen LogP contribution in [0, 0.1) is 5.92 Å². The number of carbonyl (C=O) groups excluding carboxylic acids is 2. The molecule has 3 rings (SSSR count). The van der Waals surface area contributed by atoms with Crippen LogP contribution in [-0.4, -0.2) is 54.3 Å². The predicted octanol–water partition coefficient (Wildman–Crippen LogP) is 3.47. The van der Waals surface area contributed by atoms with Crippen LogP contribution in [0.2, 0.25) is 0 Å². The van der Waals surface area contributed by atoms with Gasteiger partial charge in [0.1, 0.15) is 0 Å². The summed E-state index contributed by atoms with van der Waals surface area (Å²) in [4.78, 5) is 29.2. The molecular formula is C22H33N3O2. The number of hydrogen-bond acceptors (Lipinski definition) is 3. The first-order chi connectivity index (χ1) is 13.0. The van der Waals surface area contributed by atoms with Gasteiger partial charge in [0.2, 0.25) is 11.8 Å². The Labute approximate surface area is 163 Å². The minimum absolute atomic E-state index is 0.0214. The third-order valence-corrected chi connectivity index (χ3v) is 5.83. The van der Waals surface area contributed by atoms with Crippen molar-refractivity contribution in [2.45, 2.75) is 51.9 Å². The minimum Gasteiger partial charge on any atom is -0.342 e. The van der Waals surface area contributed by atoms with Crippen molar-refractivity contribution in [3.05, 3.63) is 29.8 Å². The Hall–Kier alpha value is -1.88. The highest BCUT2D eigenvalue weighted by Crippen LogP contribution is 2.22. The highest BCUT2D eigenvalue weighted by atomic mass is 16.2. The lowest BCUT2D eigenvalue weighted by molar-refractivity contribution is -0.138. The number of nitrogens with one attached hydrogen (secondary N) is 1. The number of piperidine rings is 2. The molecule has 5 nitrogen and oxygen atoms in total. The Morgan fingerprint density at radius 3 is 2.22 bits per heavy atom. The molecule has 0 spiro atoms. The first-order valence-corrected chi connectivity index (χ1v) is 10.4. The zero-order valence-corrected chi connectivity index (χ0v) is 16.7. The van der Waals surface area contributed by atoms with Crippen LogP contribution in [0.3, 0.4) is 0 Å². The van der Waals surface area contributed by atoms with Crippen molar-refractivity contribution < 1.29 is 9.59 Å². The van der Waals surface area contributed by atoms with E-state index in [1.807, 2.05) is 12.1 Å². The van der Waals surface area contributed by atoms with E-state index >= 15 is 0 Å². The molecule has 0 saturated carbocycles. The van der Waals surface area contributed by atoms with E-state index in [9.17, 15) is 9.59 Å². The van der Waals surface area contributed by atoms with Gasteiger partial charge in [-0.25, -0.2) is 0 Å². The number of likely N-dealkylation sites (tertiary alicyclic amines) is 2. The Balaban J connectivity index is 1.41. The third kappa shape index (κ3) is 5.55. The molecule has 2 heterocycles. The first-order valence-electron chi connectivity index (χ1n) is 10.4. The standard InChI is InChI=1S/C22H33N3O2/c1-17(2)18-6-8-20(9-7-18)23-21(26)16-24-14-10-19(11-15-24)22(27)25-12-4-3-5-13-25/h6-9,17,19H,3-5,10-16H2,1-2H3,(H,23,26). The number of rotatable bonds is 5. The molecule has 148 valence electrons. The Morgan fingerprint density at radius 1 is 1.00 bits per heavy atom. The normalized spacial score (nSPS) is 19.3. The summed E-state index contributed by atoms with van der Waals surface area (Å²) in [6, 6.07) is 8.07. The molecule has 2 aliphatic rings. The van der Waals surface area contributed by atoms with Crippen LogP contribution in [0.4, 0.5) is 5.69 Å². The predicted molar refractivity (Wildman–Crippen MR) is 109 cm³/mol. The summed E-state index contributed by atoms with van der Waals surface area (Å²) in [6.07, 6.45) is 5.26. The molecule has 0 unspecified atom stereocenters. The van der Waals surface area contributed by atoms with Crippen LogP contribution in [0.1, 0.15) is 57.4 Å². The summed E-state index contributed by atoms with van der Waals surface area (Å²) < 4.78 is 0. The monoisotopic (exact) mass is 371 g/mol. The lowest BCUT2D eigenvalue weighted by atomic mass is 9.94. The summed E-state index contributed by atoms with van der Waals surface area (Å²) in [7, 11) is 0. The smallest absolute Gasteiger partial charge is 0.238 e. The van der Waals surface area contributed by atoms with Gasteiger partial charge in [-0.2, -0.15) is 0 Å². The number of hydrogen-bond donors (Lipinski definition) is 1. The molecule has 0 radical (unpaired) electrons. The topological polar surface area (TPSA) is 52.7 Å². The molecule has 2 saturated heterocycles. The maximum Gasteiger partial charge on any atom is 0.238 e. The lowest BCUT2D eigenvalue weighted by Crippen LogP contribution is -2.45. The van der Waals surface area contributed by atoms with E-state index in [0.717, 1.165) is 57.5 Å². The molecule has 0 aliphatic carbocycles. The van der Waals surface area contributed by atoms with Gasteiger partial charge in [0.25, 0.3) is 0 Å². The summed E-state index contributed by atoms with van der Waals surface area (Å²) in [5.74, 6) is 0.992. The van der Waals surface area contributed by atoms with Crippen LogP contribution < -0.4 is 5.32 Å². The second-order valence-electron chi connectivity index (χ2n) is 8.26. The summed E-state index contributed by atoms with van der Waals surface area (Å²) in [5, 5.41) is 2.99. The number of benzene rings is 1. The minimum atomic E-state index is 0.0214. The maximum atomic E-state index is 12.6. The summed E-state index contributed by atoms with van der Waals surface area (Å²) >= 11 is 0. The molecule has 5 heteroatoms. The van der Waals surface area contributed by atoms with E-state index in [0.29, 0.717) is 18.4 Å². The van der Waals surface area contributed by atoms with E-state index in [4.69, 9.17) is 0 Å². The van der Waals surface area contributed by atoms with Crippen molar-refractivity contribution in [2.75, 3.05) is 38.0 Å². The Kier molecular flexibility index (Phi) is 6.89. The van der Waals surface area contributed by atoms with Gasteiger partial charge in [0.05, 0.1) is 6.54 Å². The van der Waals surface area contributed by atoms with Gasteiger partial charge in [-0.05, 0) is 68.8 Å². The molecule has 0 aromatic heterocycles. The average Bonchev–Trinajstić information content (AvgIpc) is 2.69. The fourth-order valence-electron chi connectivity index (χ4n) is 4.07.